The number of ketones is 2. The maximum Gasteiger partial charge on any atom is 0.198 e. The standard InChI is InChI=1S/C16H16ClNO2/c17-13-14(18-9-5-2-6-10-18)12(16(13)20)15(19)11-7-3-1-4-8-11/h1,3-4,7-8,13H,2,5-6,9-10H2/t13-/m0/s1. The molecule has 0 amide bonds. The normalized spacial score (nSPS) is 22.8. The van der Waals surface area contributed by atoms with Gasteiger partial charge < -0.3 is 4.90 Å². The highest BCUT2D eigenvalue weighted by molar-refractivity contribution is 6.46. The number of halogens is 1. The molecule has 1 atom stereocenters. The number of allylic oxidation sites excluding steroid dienone is 2. The SMILES string of the molecule is O=C(C1=C(N2CCCCC2)[C@H](Cl)C1=O)c1ccccc1. The molecule has 104 valence electrons. The molecule has 1 aliphatic heterocycles. The summed E-state index contributed by atoms with van der Waals surface area (Å²) in [6, 6.07) is 8.92. The lowest BCUT2D eigenvalue weighted by Gasteiger charge is -2.39. The van der Waals surface area contributed by atoms with Crippen molar-refractivity contribution in [3.05, 3.63) is 47.2 Å². The molecule has 2 aliphatic rings. The summed E-state index contributed by atoms with van der Waals surface area (Å²) in [6.07, 6.45) is 3.38. The molecule has 0 radical (unpaired) electrons. The number of likely N-dealkylation sites (tertiary alicyclic amines) is 1. The van der Waals surface area contributed by atoms with E-state index in [0.717, 1.165) is 31.6 Å². The lowest BCUT2D eigenvalue weighted by Crippen LogP contribution is -2.46. The zero-order valence-corrected chi connectivity index (χ0v) is 11.9. The second kappa shape index (κ2) is 5.41. The van der Waals surface area contributed by atoms with E-state index >= 15 is 0 Å². The van der Waals surface area contributed by atoms with Gasteiger partial charge in [-0.25, -0.2) is 0 Å². The molecule has 3 rings (SSSR count). The minimum atomic E-state index is -0.643. The van der Waals surface area contributed by atoms with Crippen molar-refractivity contribution in [2.24, 2.45) is 0 Å². The molecule has 20 heavy (non-hydrogen) atoms. The number of benzene rings is 1. The number of Topliss-reactive ketones (excluding diaryl/α,β-unsaturated/α-hetero) is 2. The first-order valence-corrected chi connectivity index (χ1v) is 7.41. The van der Waals surface area contributed by atoms with Crippen LogP contribution in [0.25, 0.3) is 0 Å². The van der Waals surface area contributed by atoms with Crippen molar-refractivity contribution in [1.29, 1.82) is 0 Å². The van der Waals surface area contributed by atoms with Crippen LogP contribution in [0.1, 0.15) is 29.6 Å². The Morgan fingerprint density at radius 1 is 1.10 bits per heavy atom. The van der Waals surface area contributed by atoms with E-state index in [9.17, 15) is 9.59 Å². The van der Waals surface area contributed by atoms with Gasteiger partial charge in [-0.1, -0.05) is 30.3 Å². The smallest absolute Gasteiger partial charge is 0.198 e. The minimum absolute atomic E-state index is 0.201. The van der Waals surface area contributed by atoms with Crippen molar-refractivity contribution in [2.75, 3.05) is 13.1 Å². The van der Waals surface area contributed by atoms with Crippen LogP contribution in [0, 0.1) is 0 Å². The molecule has 0 saturated carbocycles. The molecule has 0 bridgehead atoms. The third-order valence-electron chi connectivity index (χ3n) is 3.93. The van der Waals surface area contributed by atoms with Crippen LogP contribution >= 0.6 is 11.6 Å². The molecule has 1 aliphatic carbocycles. The predicted octanol–water partition coefficient (Wildman–Crippen LogP) is 2.80. The summed E-state index contributed by atoms with van der Waals surface area (Å²) in [5.41, 5.74) is 1.58. The molecule has 1 aromatic carbocycles. The summed E-state index contributed by atoms with van der Waals surface area (Å²) in [5.74, 6) is -0.436. The van der Waals surface area contributed by atoms with Crippen molar-refractivity contribution < 1.29 is 9.59 Å². The maximum atomic E-state index is 12.5. The Morgan fingerprint density at radius 2 is 1.75 bits per heavy atom. The van der Waals surface area contributed by atoms with Gasteiger partial charge >= 0.3 is 0 Å². The van der Waals surface area contributed by atoms with E-state index in [4.69, 9.17) is 11.6 Å². The Bertz CT molecular complexity index is 573. The quantitative estimate of drug-likeness (QED) is 0.488. The Balaban J connectivity index is 1.94. The van der Waals surface area contributed by atoms with Crippen molar-refractivity contribution in [1.82, 2.24) is 4.90 Å². The van der Waals surface area contributed by atoms with Gasteiger partial charge in [-0.05, 0) is 19.3 Å². The van der Waals surface area contributed by atoms with E-state index in [2.05, 4.69) is 4.90 Å². The van der Waals surface area contributed by atoms with Crippen molar-refractivity contribution in [3.8, 4) is 0 Å². The molecule has 1 heterocycles. The Kier molecular flexibility index (Phi) is 3.62. The van der Waals surface area contributed by atoms with Gasteiger partial charge in [0.05, 0.1) is 11.3 Å². The number of carbonyl (C=O) groups excluding carboxylic acids is 2. The van der Waals surface area contributed by atoms with Crippen LogP contribution < -0.4 is 0 Å². The highest BCUT2D eigenvalue weighted by atomic mass is 35.5. The van der Waals surface area contributed by atoms with E-state index in [-0.39, 0.29) is 17.1 Å². The summed E-state index contributed by atoms with van der Waals surface area (Å²) >= 11 is 6.12. The van der Waals surface area contributed by atoms with Crippen molar-refractivity contribution in [3.63, 3.8) is 0 Å². The van der Waals surface area contributed by atoms with Crippen LogP contribution in [-0.2, 0) is 4.79 Å². The number of piperidine rings is 1. The number of carbonyl (C=O) groups is 2. The fourth-order valence-corrected chi connectivity index (χ4v) is 3.20. The predicted molar refractivity (Wildman–Crippen MR) is 77.9 cm³/mol. The van der Waals surface area contributed by atoms with Gasteiger partial charge in [0, 0.05) is 18.7 Å². The Labute approximate surface area is 123 Å². The molecule has 0 unspecified atom stereocenters. The molecule has 0 aromatic heterocycles. The van der Waals surface area contributed by atoms with Gasteiger partial charge in [0.2, 0.25) is 0 Å². The second-order valence-corrected chi connectivity index (χ2v) is 5.67. The van der Waals surface area contributed by atoms with Gasteiger partial charge in [0.25, 0.3) is 0 Å². The summed E-state index contributed by atoms with van der Waals surface area (Å²) in [5, 5.41) is -0.643. The number of rotatable bonds is 3. The van der Waals surface area contributed by atoms with Crippen LogP contribution in [0.15, 0.2) is 41.6 Å². The number of alkyl halides is 1. The molecular weight excluding hydrogens is 274 g/mol. The highest BCUT2D eigenvalue weighted by Crippen LogP contribution is 2.35. The maximum absolute atomic E-state index is 12.5. The first kappa shape index (κ1) is 13.4. The van der Waals surface area contributed by atoms with E-state index in [1.807, 2.05) is 6.07 Å². The average molecular weight is 290 g/mol. The van der Waals surface area contributed by atoms with Crippen LogP contribution in [0.4, 0.5) is 0 Å². The van der Waals surface area contributed by atoms with Crippen LogP contribution in [0.3, 0.4) is 0 Å². The minimum Gasteiger partial charge on any atom is -0.373 e. The number of nitrogens with zero attached hydrogens (tertiary/aromatic N) is 1. The van der Waals surface area contributed by atoms with E-state index < -0.39 is 5.38 Å². The Hall–Kier alpha value is -1.61. The number of hydrogen-bond acceptors (Lipinski definition) is 3. The summed E-state index contributed by atoms with van der Waals surface area (Å²) < 4.78 is 0. The molecule has 4 heteroatoms. The topological polar surface area (TPSA) is 37.4 Å². The lowest BCUT2D eigenvalue weighted by molar-refractivity contribution is -0.116. The highest BCUT2D eigenvalue weighted by Gasteiger charge is 2.44. The fraction of sp³-hybridized carbons (Fsp3) is 0.375. The summed E-state index contributed by atoms with van der Waals surface area (Å²) in [6.45, 7) is 1.77. The largest absolute Gasteiger partial charge is 0.373 e. The molecular formula is C16H16ClNO2. The second-order valence-electron chi connectivity index (χ2n) is 5.23. The number of hydrogen-bond donors (Lipinski definition) is 0. The summed E-state index contributed by atoms with van der Waals surface area (Å²) in [7, 11) is 0. The molecule has 1 aromatic rings. The van der Waals surface area contributed by atoms with E-state index in [1.54, 1.807) is 24.3 Å². The zero-order valence-electron chi connectivity index (χ0n) is 11.1. The molecule has 0 N–H and O–H groups in total. The first-order chi connectivity index (χ1) is 9.70. The van der Waals surface area contributed by atoms with Crippen LogP contribution in [0.5, 0.6) is 0 Å². The lowest BCUT2D eigenvalue weighted by atomic mass is 9.84. The van der Waals surface area contributed by atoms with Crippen molar-refractivity contribution >= 4 is 23.2 Å². The Morgan fingerprint density at radius 3 is 2.40 bits per heavy atom. The average Bonchev–Trinajstić information content (AvgIpc) is 2.52. The van der Waals surface area contributed by atoms with E-state index in [1.165, 1.54) is 6.42 Å². The first-order valence-electron chi connectivity index (χ1n) is 6.97. The van der Waals surface area contributed by atoms with Crippen LogP contribution in [-0.4, -0.2) is 34.9 Å². The zero-order chi connectivity index (χ0) is 14.1. The third-order valence-corrected chi connectivity index (χ3v) is 4.34. The molecule has 3 nitrogen and oxygen atoms in total. The van der Waals surface area contributed by atoms with Crippen LogP contribution in [0.2, 0.25) is 0 Å². The van der Waals surface area contributed by atoms with E-state index in [0.29, 0.717) is 5.56 Å². The van der Waals surface area contributed by atoms with Gasteiger partial charge in [-0.15, -0.1) is 11.6 Å². The van der Waals surface area contributed by atoms with Gasteiger partial charge in [0.1, 0.15) is 5.38 Å². The van der Waals surface area contributed by atoms with Gasteiger partial charge in [0.15, 0.2) is 11.6 Å². The molecule has 1 fully saturated rings. The molecule has 0 spiro atoms. The van der Waals surface area contributed by atoms with Gasteiger partial charge in [-0.3, -0.25) is 9.59 Å². The monoisotopic (exact) mass is 289 g/mol. The summed E-state index contributed by atoms with van der Waals surface area (Å²) in [4.78, 5) is 26.6. The van der Waals surface area contributed by atoms with Gasteiger partial charge in [-0.2, -0.15) is 0 Å². The fourth-order valence-electron chi connectivity index (χ4n) is 2.84. The van der Waals surface area contributed by atoms with Crippen molar-refractivity contribution in [2.45, 2.75) is 24.6 Å². The molecule has 1 saturated heterocycles. The third kappa shape index (κ3) is 2.16.